The van der Waals surface area contributed by atoms with Crippen LogP contribution in [0.3, 0.4) is 0 Å². The molecule has 1 heterocycles. The number of rotatable bonds is 6. The number of methoxy groups -OCH3 is 1. The summed E-state index contributed by atoms with van der Waals surface area (Å²) in [7, 11) is 3.70. The third-order valence-corrected chi connectivity index (χ3v) is 3.63. The quantitative estimate of drug-likeness (QED) is 0.849. The molecule has 2 unspecified atom stereocenters. The van der Waals surface area contributed by atoms with Crippen LogP contribution >= 0.6 is 11.6 Å². The Labute approximate surface area is 107 Å². The van der Waals surface area contributed by atoms with Crippen molar-refractivity contribution in [1.29, 1.82) is 0 Å². The van der Waals surface area contributed by atoms with Gasteiger partial charge in [0, 0.05) is 14.2 Å². The van der Waals surface area contributed by atoms with E-state index < -0.39 is 0 Å². The molecule has 1 aliphatic rings. The molecule has 0 bridgehead atoms. The molecule has 2 atom stereocenters. The summed E-state index contributed by atoms with van der Waals surface area (Å²) in [6, 6.07) is 0.123. The molecule has 5 heteroatoms. The lowest BCUT2D eigenvalue weighted by Crippen LogP contribution is -2.36. The van der Waals surface area contributed by atoms with E-state index in [1.54, 1.807) is 13.3 Å². The molecule has 1 aromatic rings. The molecular formula is C12H20ClN3O. The Morgan fingerprint density at radius 1 is 1.65 bits per heavy atom. The highest BCUT2D eigenvalue weighted by molar-refractivity contribution is 6.31. The summed E-state index contributed by atoms with van der Waals surface area (Å²) in [4.78, 5) is 0. The Morgan fingerprint density at radius 3 is 2.76 bits per heavy atom. The van der Waals surface area contributed by atoms with Crippen LogP contribution in [0.4, 0.5) is 0 Å². The minimum atomic E-state index is 0.123. The number of aryl methyl sites for hydroxylation is 1. The van der Waals surface area contributed by atoms with E-state index in [0.29, 0.717) is 10.9 Å². The van der Waals surface area contributed by atoms with Gasteiger partial charge in [-0.05, 0) is 25.3 Å². The maximum absolute atomic E-state index is 6.22. The average Bonchev–Trinajstić information content (AvgIpc) is 3.07. The van der Waals surface area contributed by atoms with Gasteiger partial charge in [-0.25, -0.2) is 0 Å². The zero-order chi connectivity index (χ0) is 12.4. The van der Waals surface area contributed by atoms with E-state index in [2.05, 4.69) is 17.3 Å². The number of likely N-dealkylation sites (N-methyl/N-ethyl adjacent to an activating group) is 1. The first-order valence-corrected chi connectivity index (χ1v) is 6.50. The standard InChI is InChI=1S/C12H20ClN3O/c1-4-14-10(12(17-3)8-5-6-8)11-9(13)7-15-16(11)2/h7-8,10,12,14H,4-6H2,1-3H3. The minimum Gasteiger partial charge on any atom is -0.379 e. The molecule has 1 aliphatic carbocycles. The molecule has 2 rings (SSSR count). The van der Waals surface area contributed by atoms with Gasteiger partial charge in [-0.1, -0.05) is 18.5 Å². The monoisotopic (exact) mass is 257 g/mol. The van der Waals surface area contributed by atoms with Gasteiger partial charge in [-0.3, -0.25) is 4.68 Å². The summed E-state index contributed by atoms with van der Waals surface area (Å²) in [5.41, 5.74) is 1.02. The Kier molecular flexibility index (Phi) is 4.07. The van der Waals surface area contributed by atoms with Gasteiger partial charge in [0.25, 0.3) is 0 Å². The topological polar surface area (TPSA) is 39.1 Å². The third-order valence-electron chi connectivity index (χ3n) is 3.34. The van der Waals surface area contributed by atoms with Crippen molar-refractivity contribution >= 4 is 11.6 Å². The van der Waals surface area contributed by atoms with E-state index in [1.807, 2.05) is 11.7 Å². The summed E-state index contributed by atoms with van der Waals surface area (Å²) >= 11 is 6.22. The van der Waals surface area contributed by atoms with Crippen molar-refractivity contribution in [3.8, 4) is 0 Å². The van der Waals surface area contributed by atoms with Gasteiger partial charge in [-0.2, -0.15) is 5.10 Å². The zero-order valence-electron chi connectivity index (χ0n) is 10.6. The first-order chi connectivity index (χ1) is 8.19. The molecule has 0 amide bonds. The van der Waals surface area contributed by atoms with Crippen LogP contribution in [0.25, 0.3) is 0 Å². The Bertz CT molecular complexity index is 356. The van der Waals surface area contributed by atoms with E-state index in [0.717, 1.165) is 12.2 Å². The van der Waals surface area contributed by atoms with Crippen molar-refractivity contribution in [3.63, 3.8) is 0 Å². The highest BCUT2D eigenvalue weighted by Crippen LogP contribution is 2.40. The highest BCUT2D eigenvalue weighted by Gasteiger charge is 2.39. The predicted molar refractivity (Wildman–Crippen MR) is 68.2 cm³/mol. The lowest BCUT2D eigenvalue weighted by atomic mass is 10.0. The molecule has 4 nitrogen and oxygen atoms in total. The van der Waals surface area contributed by atoms with Gasteiger partial charge in [0.15, 0.2) is 0 Å². The first kappa shape index (κ1) is 12.9. The number of halogens is 1. The molecule has 0 saturated heterocycles. The molecular weight excluding hydrogens is 238 g/mol. The fraction of sp³-hybridized carbons (Fsp3) is 0.750. The van der Waals surface area contributed by atoms with Crippen molar-refractivity contribution < 1.29 is 4.74 Å². The Balaban J connectivity index is 2.26. The van der Waals surface area contributed by atoms with Crippen LogP contribution in [0.2, 0.25) is 5.02 Å². The van der Waals surface area contributed by atoms with Crippen molar-refractivity contribution in [2.75, 3.05) is 13.7 Å². The second-order valence-corrected chi connectivity index (χ2v) is 4.98. The van der Waals surface area contributed by atoms with Crippen LogP contribution in [0.1, 0.15) is 31.5 Å². The van der Waals surface area contributed by atoms with Crippen LogP contribution in [-0.4, -0.2) is 29.5 Å². The predicted octanol–water partition coefficient (Wildman–Crippen LogP) is 2.15. The maximum atomic E-state index is 6.22. The number of aromatic nitrogens is 2. The number of nitrogens with zero attached hydrogens (tertiary/aromatic N) is 2. The summed E-state index contributed by atoms with van der Waals surface area (Å²) < 4.78 is 7.50. The summed E-state index contributed by atoms with van der Waals surface area (Å²) in [6.07, 6.45) is 4.37. The normalized spacial score (nSPS) is 19.3. The number of ether oxygens (including phenoxy) is 1. The SMILES string of the molecule is CCNC(c1c(Cl)cnn1C)C(OC)C1CC1. The number of nitrogens with one attached hydrogen (secondary N) is 1. The van der Waals surface area contributed by atoms with Crippen LogP contribution < -0.4 is 5.32 Å². The molecule has 1 aromatic heterocycles. The van der Waals surface area contributed by atoms with Gasteiger partial charge >= 0.3 is 0 Å². The molecule has 0 radical (unpaired) electrons. The average molecular weight is 258 g/mol. The van der Waals surface area contributed by atoms with Crippen LogP contribution in [0.5, 0.6) is 0 Å². The lowest BCUT2D eigenvalue weighted by Gasteiger charge is -2.27. The fourth-order valence-electron chi connectivity index (χ4n) is 2.38. The van der Waals surface area contributed by atoms with Crippen LogP contribution in [0, 0.1) is 5.92 Å². The van der Waals surface area contributed by atoms with Crippen LogP contribution in [-0.2, 0) is 11.8 Å². The van der Waals surface area contributed by atoms with Crippen LogP contribution in [0.15, 0.2) is 6.20 Å². The minimum absolute atomic E-state index is 0.123. The van der Waals surface area contributed by atoms with Gasteiger partial charge in [0.05, 0.1) is 29.1 Å². The molecule has 96 valence electrons. The van der Waals surface area contributed by atoms with Gasteiger partial charge in [-0.15, -0.1) is 0 Å². The van der Waals surface area contributed by atoms with Crippen molar-refractivity contribution in [2.24, 2.45) is 13.0 Å². The summed E-state index contributed by atoms with van der Waals surface area (Å²) in [5.74, 6) is 0.648. The maximum Gasteiger partial charge on any atom is 0.0835 e. The molecule has 0 aromatic carbocycles. The zero-order valence-corrected chi connectivity index (χ0v) is 11.4. The smallest absolute Gasteiger partial charge is 0.0835 e. The third kappa shape index (κ3) is 2.64. The summed E-state index contributed by atoms with van der Waals surface area (Å²) in [5, 5.41) is 8.38. The molecule has 17 heavy (non-hydrogen) atoms. The van der Waals surface area contributed by atoms with E-state index in [1.165, 1.54) is 12.8 Å². The highest BCUT2D eigenvalue weighted by atomic mass is 35.5. The molecule has 0 aliphatic heterocycles. The molecule has 1 saturated carbocycles. The van der Waals surface area contributed by atoms with E-state index in [4.69, 9.17) is 16.3 Å². The van der Waals surface area contributed by atoms with Crippen molar-refractivity contribution in [2.45, 2.75) is 31.9 Å². The molecule has 1 fully saturated rings. The lowest BCUT2D eigenvalue weighted by molar-refractivity contribution is 0.0488. The van der Waals surface area contributed by atoms with Gasteiger partial charge < -0.3 is 10.1 Å². The second kappa shape index (κ2) is 5.38. The number of hydrogen-bond donors (Lipinski definition) is 1. The van der Waals surface area contributed by atoms with Crippen molar-refractivity contribution in [1.82, 2.24) is 15.1 Å². The van der Waals surface area contributed by atoms with Gasteiger partial charge in [0.2, 0.25) is 0 Å². The number of hydrogen-bond acceptors (Lipinski definition) is 3. The Morgan fingerprint density at radius 2 is 2.35 bits per heavy atom. The summed E-state index contributed by atoms with van der Waals surface area (Å²) in [6.45, 7) is 2.98. The largest absolute Gasteiger partial charge is 0.379 e. The first-order valence-electron chi connectivity index (χ1n) is 6.12. The van der Waals surface area contributed by atoms with Crippen molar-refractivity contribution in [3.05, 3.63) is 16.9 Å². The fourth-order valence-corrected chi connectivity index (χ4v) is 2.67. The van der Waals surface area contributed by atoms with E-state index >= 15 is 0 Å². The van der Waals surface area contributed by atoms with E-state index in [-0.39, 0.29) is 12.1 Å². The second-order valence-electron chi connectivity index (χ2n) is 4.57. The van der Waals surface area contributed by atoms with Gasteiger partial charge in [0.1, 0.15) is 0 Å². The Hall–Kier alpha value is -0.580. The molecule has 0 spiro atoms. The van der Waals surface area contributed by atoms with E-state index in [9.17, 15) is 0 Å². The molecule has 1 N–H and O–H groups in total.